The molecule has 1 aliphatic rings. The van der Waals surface area contributed by atoms with E-state index >= 15 is 0 Å². The quantitative estimate of drug-likeness (QED) is 0.889. The molecule has 1 aromatic heterocycles. The zero-order valence-electron chi connectivity index (χ0n) is 10.3. The molecule has 0 aliphatic carbocycles. The van der Waals surface area contributed by atoms with E-state index in [1.807, 2.05) is 4.90 Å². The SMILES string of the molecule is Nc1cnc(CSCC(=O)N2CCCCC2)cn1. The Kier molecular flexibility index (Phi) is 4.81. The molecule has 0 saturated carbocycles. The molecule has 0 bridgehead atoms. The van der Waals surface area contributed by atoms with Crippen molar-refractivity contribution in [2.45, 2.75) is 25.0 Å². The minimum absolute atomic E-state index is 0.239. The molecule has 0 radical (unpaired) electrons. The molecule has 1 amide bonds. The molecule has 0 atom stereocenters. The lowest BCUT2D eigenvalue weighted by atomic mass is 10.1. The number of nitrogens with zero attached hydrogens (tertiary/aromatic N) is 3. The van der Waals surface area contributed by atoms with Crippen molar-refractivity contribution in [2.75, 3.05) is 24.6 Å². The van der Waals surface area contributed by atoms with Gasteiger partial charge in [-0.2, -0.15) is 0 Å². The predicted octanol–water partition coefficient (Wildman–Crippen LogP) is 1.30. The van der Waals surface area contributed by atoms with Crippen LogP contribution < -0.4 is 5.73 Å². The number of carbonyl (C=O) groups excluding carboxylic acids is 1. The first kappa shape index (κ1) is 13.1. The van der Waals surface area contributed by atoms with Gasteiger partial charge in [-0.15, -0.1) is 11.8 Å². The van der Waals surface area contributed by atoms with Crippen LogP contribution in [0.15, 0.2) is 12.4 Å². The fourth-order valence-corrected chi connectivity index (χ4v) is 2.73. The first-order chi connectivity index (χ1) is 8.75. The third-order valence-corrected chi connectivity index (χ3v) is 3.86. The summed E-state index contributed by atoms with van der Waals surface area (Å²) in [6.07, 6.45) is 6.73. The number of aromatic nitrogens is 2. The summed E-state index contributed by atoms with van der Waals surface area (Å²) in [5.74, 6) is 1.88. The number of nitrogens with two attached hydrogens (primary N) is 1. The highest BCUT2D eigenvalue weighted by molar-refractivity contribution is 7.99. The molecular formula is C12H18N4OS. The van der Waals surface area contributed by atoms with E-state index in [9.17, 15) is 4.79 Å². The number of hydrogen-bond acceptors (Lipinski definition) is 5. The lowest BCUT2D eigenvalue weighted by molar-refractivity contribution is -0.129. The smallest absolute Gasteiger partial charge is 0.232 e. The summed E-state index contributed by atoms with van der Waals surface area (Å²) in [6.45, 7) is 1.84. The summed E-state index contributed by atoms with van der Waals surface area (Å²) in [5.41, 5.74) is 6.32. The third-order valence-electron chi connectivity index (χ3n) is 2.91. The average molecular weight is 266 g/mol. The molecule has 2 rings (SSSR count). The number of thioether (sulfide) groups is 1. The van der Waals surface area contributed by atoms with Crippen LogP contribution in [0, 0.1) is 0 Å². The van der Waals surface area contributed by atoms with E-state index < -0.39 is 0 Å². The number of hydrogen-bond donors (Lipinski definition) is 1. The zero-order valence-corrected chi connectivity index (χ0v) is 11.2. The summed E-state index contributed by atoms with van der Waals surface area (Å²) >= 11 is 1.58. The standard InChI is InChI=1S/C12H18N4OS/c13-11-7-14-10(6-15-11)8-18-9-12(17)16-4-2-1-3-5-16/h6-7H,1-5,8-9H2,(H2,13,15). The molecule has 98 valence electrons. The molecule has 2 N–H and O–H groups in total. The van der Waals surface area contributed by atoms with Crippen molar-refractivity contribution in [3.8, 4) is 0 Å². The summed E-state index contributed by atoms with van der Waals surface area (Å²) in [7, 11) is 0. The molecule has 0 spiro atoms. The van der Waals surface area contributed by atoms with Gasteiger partial charge in [0.2, 0.25) is 5.91 Å². The second-order valence-electron chi connectivity index (χ2n) is 4.37. The number of anilines is 1. The number of piperidine rings is 1. The average Bonchev–Trinajstić information content (AvgIpc) is 2.42. The molecule has 1 fully saturated rings. The molecule has 2 heterocycles. The fraction of sp³-hybridized carbons (Fsp3) is 0.583. The van der Waals surface area contributed by atoms with Crippen molar-refractivity contribution < 1.29 is 4.79 Å². The Morgan fingerprint density at radius 3 is 2.72 bits per heavy atom. The van der Waals surface area contributed by atoms with Crippen LogP contribution in [0.3, 0.4) is 0 Å². The number of likely N-dealkylation sites (tertiary alicyclic amines) is 1. The van der Waals surface area contributed by atoms with Crippen LogP contribution in [0.5, 0.6) is 0 Å². The van der Waals surface area contributed by atoms with Crippen molar-refractivity contribution in [2.24, 2.45) is 0 Å². The van der Waals surface area contributed by atoms with Gasteiger partial charge < -0.3 is 10.6 Å². The van der Waals surface area contributed by atoms with Gasteiger partial charge >= 0.3 is 0 Å². The number of amides is 1. The van der Waals surface area contributed by atoms with Gasteiger partial charge in [0.15, 0.2) is 0 Å². The minimum Gasteiger partial charge on any atom is -0.382 e. The number of carbonyl (C=O) groups is 1. The van der Waals surface area contributed by atoms with Crippen LogP contribution in [0.4, 0.5) is 5.82 Å². The lowest BCUT2D eigenvalue weighted by Gasteiger charge is -2.26. The van der Waals surface area contributed by atoms with E-state index in [2.05, 4.69) is 9.97 Å². The van der Waals surface area contributed by atoms with Gasteiger partial charge in [0.25, 0.3) is 0 Å². The molecule has 1 aliphatic heterocycles. The number of rotatable bonds is 4. The number of nitrogen functional groups attached to an aromatic ring is 1. The van der Waals surface area contributed by atoms with Crippen LogP contribution in [0.25, 0.3) is 0 Å². The molecule has 18 heavy (non-hydrogen) atoms. The zero-order chi connectivity index (χ0) is 12.8. The first-order valence-electron chi connectivity index (χ1n) is 6.17. The van der Waals surface area contributed by atoms with Crippen LogP contribution in [-0.2, 0) is 10.5 Å². The maximum atomic E-state index is 11.9. The molecule has 1 saturated heterocycles. The van der Waals surface area contributed by atoms with Gasteiger partial charge in [0.05, 0.1) is 23.8 Å². The Balaban J connectivity index is 1.71. The molecule has 5 nitrogen and oxygen atoms in total. The van der Waals surface area contributed by atoms with E-state index in [0.717, 1.165) is 31.6 Å². The minimum atomic E-state index is 0.239. The van der Waals surface area contributed by atoms with Crippen LogP contribution >= 0.6 is 11.8 Å². The van der Waals surface area contributed by atoms with Crippen molar-refractivity contribution >= 4 is 23.5 Å². The monoisotopic (exact) mass is 266 g/mol. The Bertz CT molecular complexity index is 390. The topological polar surface area (TPSA) is 72.1 Å². The predicted molar refractivity (Wildman–Crippen MR) is 73.0 cm³/mol. The molecule has 0 aromatic carbocycles. The summed E-state index contributed by atoms with van der Waals surface area (Å²) in [6, 6.07) is 0. The molecular weight excluding hydrogens is 248 g/mol. The van der Waals surface area contributed by atoms with E-state index in [4.69, 9.17) is 5.73 Å². The maximum Gasteiger partial charge on any atom is 0.232 e. The highest BCUT2D eigenvalue weighted by atomic mass is 32.2. The first-order valence-corrected chi connectivity index (χ1v) is 7.33. The van der Waals surface area contributed by atoms with Crippen molar-refractivity contribution in [3.63, 3.8) is 0 Å². The summed E-state index contributed by atoms with van der Waals surface area (Å²) < 4.78 is 0. The van der Waals surface area contributed by atoms with Gasteiger partial charge in [-0.05, 0) is 19.3 Å². The van der Waals surface area contributed by atoms with Crippen LogP contribution in [-0.4, -0.2) is 39.6 Å². The maximum absolute atomic E-state index is 11.9. The fourth-order valence-electron chi connectivity index (χ4n) is 1.92. The highest BCUT2D eigenvalue weighted by Crippen LogP contribution is 2.14. The Labute approximate surface area is 111 Å². The molecule has 6 heteroatoms. The van der Waals surface area contributed by atoms with E-state index in [-0.39, 0.29) is 5.91 Å². The van der Waals surface area contributed by atoms with Crippen molar-refractivity contribution in [3.05, 3.63) is 18.1 Å². The normalized spacial score (nSPS) is 15.7. The molecule has 0 unspecified atom stereocenters. The van der Waals surface area contributed by atoms with Crippen molar-refractivity contribution in [1.29, 1.82) is 0 Å². The Morgan fingerprint density at radius 1 is 1.28 bits per heavy atom. The van der Waals surface area contributed by atoms with Gasteiger partial charge in [-0.1, -0.05) is 0 Å². The van der Waals surface area contributed by atoms with E-state index in [0.29, 0.717) is 17.3 Å². The molecule has 1 aromatic rings. The van der Waals surface area contributed by atoms with Crippen LogP contribution in [0.2, 0.25) is 0 Å². The van der Waals surface area contributed by atoms with Gasteiger partial charge in [-0.3, -0.25) is 9.78 Å². The van der Waals surface area contributed by atoms with Gasteiger partial charge in [0.1, 0.15) is 5.82 Å². The second kappa shape index (κ2) is 6.58. The van der Waals surface area contributed by atoms with Gasteiger partial charge in [0, 0.05) is 18.8 Å². The second-order valence-corrected chi connectivity index (χ2v) is 5.35. The summed E-state index contributed by atoms with van der Waals surface area (Å²) in [5, 5.41) is 0. The van der Waals surface area contributed by atoms with Gasteiger partial charge in [-0.25, -0.2) is 4.98 Å². The Morgan fingerprint density at radius 2 is 2.06 bits per heavy atom. The Hall–Kier alpha value is -1.30. The summed E-state index contributed by atoms with van der Waals surface area (Å²) in [4.78, 5) is 22.0. The van der Waals surface area contributed by atoms with E-state index in [1.54, 1.807) is 24.2 Å². The lowest BCUT2D eigenvalue weighted by Crippen LogP contribution is -2.36. The van der Waals surface area contributed by atoms with Crippen LogP contribution in [0.1, 0.15) is 25.0 Å². The largest absolute Gasteiger partial charge is 0.382 e. The van der Waals surface area contributed by atoms with E-state index in [1.165, 1.54) is 6.42 Å². The third kappa shape index (κ3) is 3.87. The van der Waals surface area contributed by atoms with Crippen molar-refractivity contribution in [1.82, 2.24) is 14.9 Å². The highest BCUT2D eigenvalue weighted by Gasteiger charge is 2.15.